The van der Waals surface area contributed by atoms with Crippen LogP contribution in [0.2, 0.25) is 0 Å². The van der Waals surface area contributed by atoms with Crippen molar-refractivity contribution in [3.8, 4) is 11.1 Å². The Bertz CT molecular complexity index is 2570. The number of hydrogen-bond donors (Lipinski definition) is 0. The van der Waals surface area contributed by atoms with Gasteiger partial charge >= 0.3 is 0 Å². The average Bonchev–Trinajstić information content (AvgIpc) is 3.41. The van der Waals surface area contributed by atoms with Crippen LogP contribution in [0.5, 0.6) is 0 Å². The molecule has 0 N–H and O–H groups in total. The zero-order valence-corrected chi connectivity index (χ0v) is 31.1. The maximum absolute atomic E-state index is 2.44. The molecule has 0 radical (unpaired) electrons. The Morgan fingerprint density at radius 3 is 1.64 bits per heavy atom. The van der Waals surface area contributed by atoms with E-state index in [1.165, 1.54) is 49.4 Å². The van der Waals surface area contributed by atoms with Gasteiger partial charge in [-0.3, -0.25) is 0 Å². The summed E-state index contributed by atoms with van der Waals surface area (Å²) in [6.45, 7) is 11.6. The average molecular weight is 685 g/mol. The molecule has 0 aromatic heterocycles. The van der Waals surface area contributed by atoms with E-state index in [-0.39, 0.29) is 10.8 Å². The highest BCUT2D eigenvalue weighted by Crippen LogP contribution is 2.51. The number of fused-ring (bicyclic) bond motifs is 6. The van der Waals surface area contributed by atoms with Gasteiger partial charge in [0.25, 0.3) is 0 Å². The molecule has 53 heavy (non-hydrogen) atoms. The van der Waals surface area contributed by atoms with Crippen molar-refractivity contribution in [1.29, 1.82) is 0 Å². The molecule has 0 unspecified atom stereocenters. The van der Waals surface area contributed by atoms with Crippen molar-refractivity contribution < 1.29 is 0 Å². The molecule has 0 spiro atoms. The molecule has 2 heteroatoms. The number of rotatable bonds is 6. The summed E-state index contributed by atoms with van der Waals surface area (Å²) >= 11 is 0. The van der Waals surface area contributed by atoms with E-state index >= 15 is 0 Å². The topological polar surface area (TPSA) is 6.48 Å². The van der Waals surface area contributed by atoms with Gasteiger partial charge in [0.05, 0.1) is 5.69 Å². The molecule has 0 amide bonds. The first-order chi connectivity index (χ1) is 25.7. The Morgan fingerprint density at radius 1 is 0.396 bits per heavy atom. The lowest BCUT2D eigenvalue weighted by atomic mass is 9.82. The van der Waals surface area contributed by atoms with E-state index in [0.717, 1.165) is 34.1 Å². The number of para-hydroxylation sites is 2. The Kier molecular flexibility index (Phi) is 7.75. The summed E-state index contributed by atoms with van der Waals surface area (Å²) in [6, 6.07) is 64.7. The molecular formula is C51H44N2. The molecule has 0 aliphatic heterocycles. The van der Waals surface area contributed by atoms with Crippen molar-refractivity contribution in [3.05, 3.63) is 193 Å². The molecule has 1 aliphatic rings. The van der Waals surface area contributed by atoms with Crippen LogP contribution < -0.4 is 9.80 Å². The zero-order valence-electron chi connectivity index (χ0n) is 31.1. The minimum absolute atomic E-state index is 0.0639. The van der Waals surface area contributed by atoms with Crippen molar-refractivity contribution in [2.45, 2.75) is 45.4 Å². The minimum atomic E-state index is -0.101. The first-order valence-electron chi connectivity index (χ1n) is 18.7. The molecule has 258 valence electrons. The fourth-order valence-corrected chi connectivity index (χ4v) is 8.37. The monoisotopic (exact) mass is 684 g/mol. The highest BCUT2D eigenvalue weighted by Gasteiger charge is 2.35. The van der Waals surface area contributed by atoms with Gasteiger partial charge in [-0.1, -0.05) is 144 Å². The van der Waals surface area contributed by atoms with Gasteiger partial charge < -0.3 is 9.80 Å². The van der Waals surface area contributed by atoms with Gasteiger partial charge in [-0.15, -0.1) is 0 Å². The molecule has 8 aromatic carbocycles. The summed E-state index contributed by atoms with van der Waals surface area (Å²) in [7, 11) is 0. The second-order valence-corrected chi connectivity index (χ2v) is 15.9. The quantitative estimate of drug-likeness (QED) is 0.161. The van der Waals surface area contributed by atoms with Gasteiger partial charge in [0.2, 0.25) is 0 Å². The summed E-state index contributed by atoms with van der Waals surface area (Å²) in [4.78, 5) is 4.83. The molecule has 0 saturated heterocycles. The highest BCUT2D eigenvalue weighted by atomic mass is 15.2. The lowest BCUT2D eigenvalue weighted by molar-refractivity contribution is 0.590. The maximum atomic E-state index is 2.44. The van der Waals surface area contributed by atoms with E-state index in [4.69, 9.17) is 0 Å². The van der Waals surface area contributed by atoms with Crippen molar-refractivity contribution >= 4 is 55.7 Å². The molecule has 8 aromatic rings. The Labute approximate surface area is 313 Å². The smallest absolute Gasteiger partial charge is 0.0546 e. The van der Waals surface area contributed by atoms with Crippen LogP contribution in [-0.2, 0) is 10.8 Å². The van der Waals surface area contributed by atoms with E-state index in [1.807, 2.05) is 0 Å². The highest BCUT2D eigenvalue weighted by molar-refractivity contribution is 6.15. The normalized spacial score (nSPS) is 13.2. The van der Waals surface area contributed by atoms with Crippen LogP contribution in [-0.4, -0.2) is 0 Å². The molecule has 0 heterocycles. The second-order valence-electron chi connectivity index (χ2n) is 15.9. The standard InChI is InChI=1S/C51H44N2/c1-50(2,3)36-24-26-39(27-25-36)52(41-28-30-44-43-22-14-15-23-47(43)51(4,5)48(44)34-41)40-29-31-45-46(33-40)42-21-13-12-16-35(42)32-49(45)53(37-17-8-6-9-18-37)38-19-10-7-11-20-38/h6-34H,1-5H3. The number of hydrogen-bond acceptors (Lipinski definition) is 2. The summed E-state index contributed by atoms with van der Waals surface area (Å²) in [5.41, 5.74) is 13.5. The molecule has 0 saturated carbocycles. The summed E-state index contributed by atoms with van der Waals surface area (Å²) in [5.74, 6) is 0. The fraction of sp³-hybridized carbons (Fsp3) is 0.137. The number of nitrogens with zero attached hydrogens (tertiary/aromatic N) is 2. The zero-order chi connectivity index (χ0) is 36.3. The van der Waals surface area contributed by atoms with Crippen LogP contribution >= 0.6 is 0 Å². The fourth-order valence-electron chi connectivity index (χ4n) is 8.37. The molecule has 0 bridgehead atoms. The molecule has 1 aliphatic carbocycles. The Morgan fingerprint density at radius 2 is 0.943 bits per heavy atom. The summed E-state index contributed by atoms with van der Waals surface area (Å²) < 4.78 is 0. The first-order valence-corrected chi connectivity index (χ1v) is 18.7. The lowest BCUT2D eigenvalue weighted by Crippen LogP contribution is -2.17. The van der Waals surface area contributed by atoms with Gasteiger partial charge in [0, 0.05) is 39.2 Å². The predicted octanol–water partition coefficient (Wildman–Crippen LogP) is 14.5. The van der Waals surface area contributed by atoms with Crippen LogP contribution in [0.1, 0.15) is 51.3 Å². The number of anilines is 6. The SMILES string of the molecule is CC(C)(C)c1ccc(N(c2ccc3c(c2)C(C)(C)c2ccccc2-3)c2ccc3c(N(c4ccccc4)c4ccccc4)cc4ccccc4c3c2)cc1. The first kappa shape index (κ1) is 32.8. The van der Waals surface area contributed by atoms with Crippen molar-refractivity contribution in [2.24, 2.45) is 0 Å². The summed E-state index contributed by atoms with van der Waals surface area (Å²) in [6.07, 6.45) is 0. The van der Waals surface area contributed by atoms with Crippen molar-refractivity contribution in [3.63, 3.8) is 0 Å². The minimum Gasteiger partial charge on any atom is -0.310 e. The molecular weight excluding hydrogens is 641 g/mol. The largest absolute Gasteiger partial charge is 0.310 e. The van der Waals surface area contributed by atoms with Crippen LogP contribution in [0.3, 0.4) is 0 Å². The van der Waals surface area contributed by atoms with E-state index in [2.05, 4.69) is 220 Å². The van der Waals surface area contributed by atoms with E-state index < -0.39 is 0 Å². The van der Waals surface area contributed by atoms with E-state index in [0.29, 0.717) is 0 Å². The Balaban J connectivity index is 1.28. The molecule has 9 rings (SSSR count). The van der Waals surface area contributed by atoms with Crippen molar-refractivity contribution in [1.82, 2.24) is 0 Å². The van der Waals surface area contributed by atoms with Crippen LogP contribution in [0.25, 0.3) is 32.7 Å². The summed E-state index contributed by atoms with van der Waals surface area (Å²) in [5, 5.41) is 4.87. The third kappa shape index (κ3) is 5.57. The van der Waals surface area contributed by atoms with Gasteiger partial charge in [-0.2, -0.15) is 0 Å². The lowest BCUT2D eigenvalue weighted by Gasteiger charge is -2.30. The van der Waals surface area contributed by atoms with Crippen LogP contribution in [0.4, 0.5) is 34.1 Å². The predicted molar refractivity (Wildman–Crippen MR) is 227 cm³/mol. The third-order valence-electron chi connectivity index (χ3n) is 11.2. The number of benzene rings is 8. The third-order valence-corrected chi connectivity index (χ3v) is 11.2. The Hall–Kier alpha value is -6.12. The van der Waals surface area contributed by atoms with Gasteiger partial charge in [0.15, 0.2) is 0 Å². The van der Waals surface area contributed by atoms with Crippen LogP contribution in [0, 0.1) is 0 Å². The van der Waals surface area contributed by atoms with Gasteiger partial charge in [-0.05, 0) is 116 Å². The molecule has 2 nitrogen and oxygen atoms in total. The van der Waals surface area contributed by atoms with E-state index in [1.54, 1.807) is 0 Å². The van der Waals surface area contributed by atoms with Crippen LogP contribution in [0.15, 0.2) is 176 Å². The van der Waals surface area contributed by atoms with Gasteiger partial charge in [0.1, 0.15) is 0 Å². The molecule has 0 atom stereocenters. The van der Waals surface area contributed by atoms with E-state index in [9.17, 15) is 0 Å². The second kappa shape index (κ2) is 12.5. The molecule has 0 fully saturated rings. The van der Waals surface area contributed by atoms with Gasteiger partial charge in [-0.25, -0.2) is 0 Å². The maximum Gasteiger partial charge on any atom is 0.0546 e. The van der Waals surface area contributed by atoms with Crippen molar-refractivity contribution in [2.75, 3.05) is 9.80 Å².